The fraction of sp³-hybridized carbons (Fsp3) is 0. The minimum absolute atomic E-state index is 0.0873. The Morgan fingerprint density at radius 1 is 1.20 bits per heavy atom. The van der Waals surface area contributed by atoms with Crippen molar-refractivity contribution in [3.05, 3.63) is 56.6 Å². The van der Waals surface area contributed by atoms with Crippen LogP contribution in [0.5, 0.6) is 0 Å². The number of amides is 1. The molecule has 0 aliphatic carbocycles. The molecule has 1 aliphatic rings. The Morgan fingerprint density at radius 3 is 2.60 bits per heavy atom. The minimum atomic E-state index is -0.0873. The zero-order chi connectivity index (χ0) is 14.1. The van der Waals surface area contributed by atoms with E-state index in [0.29, 0.717) is 14.2 Å². The molecule has 0 atom stereocenters. The molecule has 0 saturated carbocycles. The zero-order valence-corrected chi connectivity index (χ0v) is 13.3. The standard InChI is InChI=1S/C14H8ClNOS3/c15-9-3-5-10(6-4-9)16-13(17)12(20-14(16)18)8-11-2-1-7-19-11/h1-8H/b12-8-. The van der Waals surface area contributed by atoms with Gasteiger partial charge < -0.3 is 0 Å². The lowest BCUT2D eigenvalue weighted by molar-refractivity contribution is -0.113. The average Bonchev–Trinajstić information content (AvgIpc) is 3.02. The van der Waals surface area contributed by atoms with Crippen molar-refractivity contribution in [3.8, 4) is 0 Å². The Kier molecular flexibility index (Phi) is 3.94. The molecule has 20 heavy (non-hydrogen) atoms. The highest BCUT2D eigenvalue weighted by Gasteiger charge is 2.33. The van der Waals surface area contributed by atoms with Crippen molar-refractivity contribution in [2.24, 2.45) is 0 Å². The van der Waals surface area contributed by atoms with Crippen LogP contribution in [0.2, 0.25) is 5.02 Å². The Bertz CT molecular complexity index is 692. The van der Waals surface area contributed by atoms with Crippen LogP contribution >= 0.6 is 46.9 Å². The summed E-state index contributed by atoms with van der Waals surface area (Å²) >= 11 is 14.1. The summed E-state index contributed by atoms with van der Waals surface area (Å²) in [6.45, 7) is 0. The molecule has 6 heteroatoms. The molecule has 1 saturated heterocycles. The van der Waals surface area contributed by atoms with Crippen molar-refractivity contribution in [2.75, 3.05) is 4.90 Å². The number of carbonyl (C=O) groups excluding carboxylic acids is 1. The van der Waals surface area contributed by atoms with Gasteiger partial charge in [-0.3, -0.25) is 9.69 Å². The second-order valence-corrected chi connectivity index (χ2v) is 7.10. The van der Waals surface area contributed by atoms with E-state index in [1.165, 1.54) is 16.7 Å². The van der Waals surface area contributed by atoms with Crippen molar-refractivity contribution in [1.29, 1.82) is 0 Å². The van der Waals surface area contributed by atoms with Crippen LogP contribution in [0.1, 0.15) is 4.88 Å². The monoisotopic (exact) mass is 337 g/mol. The van der Waals surface area contributed by atoms with Gasteiger partial charge in [0.15, 0.2) is 4.32 Å². The van der Waals surface area contributed by atoms with Crippen LogP contribution in [-0.2, 0) is 4.79 Å². The highest BCUT2D eigenvalue weighted by molar-refractivity contribution is 8.27. The third-order valence-corrected chi connectivity index (χ3v) is 5.07. The normalized spacial score (nSPS) is 17.2. The maximum Gasteiger partial charge on any atom is 0.270 e. The molecule has 0 bridgehead atoms. The smallest absolute Gasteiger partial charge is 0.268 e. The third kappa shape index (κ3) is 2.67. The van der Waals surface area contributed by atoms with Crippen LogP contribution in [0.25, 0.3) is 6.08 Å². The highest BCUT2D eigenvalue weighted by atomic mass is 35.5. The summed E-state index contributed by atoms with van der Waals surface area (Å²) in [6, 6.07) is 11.0. The number of nitrogens with zero attached hydrogens (tertiary/aromatic N) is 1. The van der Waals surface area contributed by atoms with E-state index in [9.17, 15) is 4.79 Å². The predicted molar refractivity (Wildman–Crippen MR) is 91.4 cm³/mol. The number of rotatable bonds is 2. The third-order valence-electron chi connectivity index (χ3n) is 2.70. The first-order valence-electron chi connectivity index (χ1n) is 5.72. The number of halogens is 1. The molecular weight excluding hydrogens is 330 g/mol. The SMILES string of the molecule is O=C1/C(=C/c2cccs2)SC(=S)N1c1ccc(Cl)cc1. The maximum absolute atomic E-state index is 12.4. The Labute approximate surface area is 135 Å². The number of thiophene rings is 1. The topological polar surface area (TPSA) is 20.3 Å². The van der Waals surface area contributed by atoms with Gasteiger partial charge in [-0.2, -0.15) is 0 Å². The largest absolute Gasteiger partial charge is 0.270 e. The number of anilines is 1. The van der Waals surface area contributed by atoms with Gasteiger partial charge in [0.05, 0.1) is 10.6 Å². The summed E-state index contributed by atoms with van der Waals surface area (Å²) in [6.07, 6.45) is 1.87. The van der Waals surface area contributed by atoms with E-state index in [2.05, 4.69) is 0 Å². The lowest BCUT2D eigenvalue weighted by atomic mass is 10.3. The van der Waals surface area contributed by atoms with Gasteiger partial charge in [0.2, 0.25) is 0 Å². The first-order valence-corrected chi connectivity index (χ1v) is 8.20. The number of thioether (sulfide) groups is 1. The second-order valence-electron chi connectivity index (χ2n) is 4.01. The van der Waals surface area contributed by atoms with E-state index in [-0.39, 0.29) is 5.91 Å². The van der Waals surface area contributed by atoms with Gasteiger partial charge in [0.1, 0.15) is 0 Å². The van der Waals surface area contributed by atoms with E-state index in [0.717, 1.165) is 10.6 Å². The molecule has 0 spiro atoms. The highest BCUT2D eigenvalue weighted by Crippen LogP contribution is 2.36. The molecule has 0 N–H and O–H groups in total. The number of hydrogen-bond donors (Lipinski definition) is 0. The summed E-state index contributed by atoms with van der Waals surface area (Å²) in [5.74, 6) is -0.0873. The van der Waals surface area contributed by atoms with Gasteiger partial charge in [0, 0.05) is 9.90 Å². The molecular formula is C14H8ClNOS3. The van der Waals surface area contributed by atoms with Crippen LogP contribution in [-0.4, -0.2) is 10.2 Å². The quantitative estimate of drug-likeness (QED) is 0.579. The fourth-order valence-corrected chi connectivity index (χ4v) is 3.93. The minimum Gasteiger partial charge on any atom is -0.268 e. The van der Waals surface area contributed by atoms with Gasteiger partial charge in [-0.25, -0.2) is 0 Å². The van der Waals surface area contributed by atoms with E-state index >= 15 is 0 Å². The number of hydrogen-bond acceptors (Lipinski definition) is 4. The van der Waals surface area contributed by atoms with Crippen LogP contribution in [0.3, 0.4) is 0 Å². The molecule has 1 aliphatic heterocycles. The van der Waals surface area contributed by atoms with Gasteiger partial charge in [-0.1, -0.05) is 41.6 Å². The summed E-state index contributed by atoms with van der Waals surface area (Å²) in [5.41, 5.74) is 0.742. The molecule has 3 rings (SSSR count). The summed E-state index contributed by atoms with van der Waals surface area (Å²) < 4.78 is 0.542. The van der Waals surface area contributed by atoms with Crippen molar-refractivity contribution in [1.82, 2.24) is 0 Å². The first-order chi connectivity index (χ1) is 9.65. The molecule has 0 radical (unpaired) electrons. The lowest BCUT2D eigenvalue weighted by Gasteiger charge is -2.14. The van der Waals surface area contributed by atoms with E-state index in [4.69, 9.17) is 23.8 Å². The first kappa shape index (κ1) is 13.8. The van der Waals surface area contributed by atoms with Gasteiger partial charge in [0.25, 0.3) is 5.91 Å². The van der Waals surface area contributed by atoms with Gasteiger partial charge >= 0.3 is 0 Å². The van der Waals surface area contributed by atoms with Crippen LogP contribution in [0.15, 0.2) is 46.7 Å². The molecule has 1 aromatic carbocycles. The number of thiocarbonyl (C=S) groups is 1. The van der Waals surface area contributed by atoms with Crippen LogP contribution in [0, 0.1) is 0 Å². The zero-order valence-electron chi connectivity index (χ0n) is 10.1. The summed E-state index contributed by atoms with van der Waals surface area (Å²) in [4.78, 5) is 15.7. The lowest BCUT2D eigenvalue weighted by Crippen LogP contribution is -2.27. The average molecular weight is 338 g/mol. The van der Waals surface area contributed by atoms with E-state index in [1.807, 2.05) is 23.6 Å². The maximum atomic E-state index is 12.4. The Balaban J connectivity index is 1.93. The number of benzene rings is 1. The molecule has 1 aromatic heterocycles. The van der Waals surface area contributed by atoms with Crippen molar-refractivity contribution in [3.63, 3.8) is 0 Å². The van der Waals surface area contributed by atoms with Crippen molar-refractivity contribution < 1.29 is 4.79 Å². The Hall–Kier alpha value is -1.14. The second kappa shape index (κ2) is 5.69. The Morgan fingerprint density at radius 2 is 1.95 bits per heavy atom. The molecule has 2 aromatic rings. The molecule has 1 amide bonds. The van der Waals surface area contributed by atoms with Gasteiger partial charge in [-0.05, 0) is 41.8 Å². The molecule has 0 unspecified atom stereocenters. The molecule has 1 fully saturated rings. The van der Waals surface area contributed by atoms with Gasteiger partial charge in [-0.15, -0.1) is 11.3 Å². The molecule has 100 valence electrons. The van der Waals surface area contributed by atoms with E-state index < -0.39 is 0 Å². The number of carbonyl (C=O) groups is 1. The van der Waals surface area contributed by atoms with Crippen LogP contribution in [0.4, 0.5) is 5.69 Å². The summed E-state index contributed by atoms with van der Waals surface area (Å²) in [7, 11) is 0. The fourth-order valence-electron chi connectivity index (χ4n) is 1.78. The van der Waals surface area contributed by atoms with Crippen molar-refractivity contribution >= 4 is 68.9 Å². The van der Waals surface area contributed by atoms with E-state index in [1.54, 1.807) is 35.6 Å². The summed E-state index contributed by atoms with van der Waals surface area (Å²) in [5, 5.41) is 2.61. The van der Waals surface area contributed by atoms with Crippen LogP contribution < -0.4 is 4.90 Å². The molecule has 2 nitrogen and oxygen atoms in total. The van der Waals surface area contributed by atoms with Crippen molar-refractivity contribution in [2.45, 2.75) is 0 Å². The molecule has 2 heterocycles. The predicted octanol–water partition coefficient (Wildman–Crippen LogP) is 4.81.